The summed E-state index contributed by atoms with van der Waals surface area (Å²) in [5.74, 6) is 0.482. The molecule has 0 saturated heterocycles. The zero-order chi connectivity index (χ0) is 16.9. The fourth-order valence-corrected chi connectivity index (χ4v) is 3.12. The Kier molecular flexibility index (Phi) is 6.10. The third-order valence-electron chi connectivity index (χ3n) is 4.31. The average molecular weight is 321 g/mol. The number of hydrogen-bond acceptors (Lipinski definition) is 3. The Morgan fingerprint density at radius 2 is 2.17 bits per heavy atom. The summed E-state index contributed by atoms with van der Waals surface area (Å²) in [5.41, 5.74) is 0.877. The van der Waals surface area contributed by atoms with Crippen LogP contribution in [0, 0.1) is 5.92 Å². The van der Waals surface area contributed by atoms with Gasteiger partial charge in [0.25, 0.3) is 0 Å². The van der Waals surface area contributed by atoms with E-state index in [9.17, 15) is 4.79 Å². The lowest BCUT2D eigenvalue weighted by Gasteiger charge is -2.23. The molecule has 2 unspecified atom stereocenters. The van der Waals surface area contributed by atoms with Gasteiger partial charge < -0.3 is 19.9 Å². The van der Waals surface area contributed by atoms with E-state index in [1.165, 1.54) is 18.4 Å². The van der Waals surface area contributed by atoms with Gasteiger partial charge in [0.1, 0.15) is 5.60 Å². The van der Waals surface area contributed by atoms with E-state index in [-0.39, 0.29) is 6.09 Å². The number of ether oxygens (including phenoxy) is 1. The summed E-state index contributed by atoms with van der Waals surface area (Å²) < 4.78 is 7.49. The van der Waals surface area contributed by atoms with Crippen LogP contribution in [-0.2, 0) is 17.8 Å². The standard InChI is InChI=1S/C18H31N3O2/c1-5-21-10-9-14(13-21)11-19-16-8-6-7-15(16)12-20-17(22)23-18(2,3)4/h9-10,13,15-16,19H,5-8,11-12H2,1-4H3,(H,20,22). The molecule has 2 atom stereocenters. The van der Waals surface area contributed by atoms with Crippen LogP contribution in [-0.4, -0.2) is 28.8 Å². The number of carbonyl (C=O) groups excluding carboxylic acids is 1. The quantitative estimate of drug-likeness (QED) is 0.845. The number of aromatic nitrogens is 1. The predicted octanol–water partition coefficient (Wildman–Crippen LogP) is 3.29. The van der Waals surface area contributed by atoms with Gasteiger partial charge in [-0.05, 0) is 58.1 Å². The average Bonchev–Trinajstić information content (AvgIpc) is 3.10. The molecule has 0 spiro atoms. The number of nitrogens with zero attached hydrogens (tertiary/aromatic N) is 1. The molecule has 1 fully saturated rings. The molecule has 1 saturated carbocycles. The Hall–Kier alpha value is -1.49. The van der Waals surface area contributed by atoms with E-state index in [1.54, 1.807) is 0 Å². The summed E-state index contributed by atoms with van der Waals surface area (Å²) in [6.07, 6.45) is 7.54. The number of carbonyl (C=O) groups is 1. The van der Waals surface area contributed by atoms with Crippen LogP contribution in [0.3, 0.4) is 0 Å². The van der Waals surface area contributed by atoms with E-state index in [2.05, 4.69) is 40.6 Å². The summed E-state index contributed by atoms with van der Waals surface area (Å²) in [6, 6.07) is 2.63. The molecule has 1 aliphatic carbocycles. The van der Waals surface area contributed by atoms with Crippen molar-refractivity contribution in [3.8, 4) is 0 Å². The Bertz CT molecular complexity index is 505. The number of nitrogens with one attached hydrogen (secondary N) is 2. The van der Waals surface area contributed by atoms with E-state index in [4.69, 9.17) is 4.74 Å². The van der Waals surface area contributed by atoms with Crippen molar-refractivity contribution in [2.75, 3.05) is 6.54 Å². The largest absolute Gasteiger partial charge is 0.444 e. The first-order valence-electron chi connectivity index (χ1n) is 8.72. The first-order valence-corrected chi connectivity index (χ1v) is 8.72. The molecular weight excluding hydrogens is 290 g/mol. The molecule has 0 aliphatic heterocycles. The zero-order valence-corrected chi connectivity index (χ0v) is 14.9. The lowest BCUT2D eigenvalue weighted by Crippen LogP contribution is -2.40. The lowest BCUT2D eigenvalue weighted by molar-refractivity contribution is 0.0517. The fourth-order valence-electron chi connectivity index (χ4n) is 3.12. The molecule has 0 radical (unpaired) electrons. The molecule has 0 aromatic carbocycles. The highest BCUT2D eigenvalue weighted by Crippen LogP contribution is 2.25. The first kappa shape index (κ1) is 17.9. The zero-order valence-electron chi connectivity index (χ0n) is 14.9. The summed E-state index contributed by atoms with van der Waals surface area (Å²) >= 11 is 0. The van der Waals surface area contributed by atoms with Gasteiger partial charge in [-0.1, -0.05) is 6.42 Å². The molecule has 1 amide bonds. The van der Waals surface area contributed by atoms with Gasteiger partial charge in [-0.3, -0.25) is 0 Å². The summed E-state index contributed by atoms with van der Waals surface area (Å²) in [4.78, 5) is 11.8. The van der Waals surface area contributed by atoms with Crippen LogP contribution >= 0.6 is 0 Å². The molecule has 5 heteroatoms. The van der Waals surface area contributed by atoms with Crippen molar-refractivity contribution in [1.82, 2.24) is 15.2 Å². The van der Waals surface area contributed by atoms with Crippen LogP contribution in [0.1, 0.15) is 52.5 Å². The van der Waals surface area contributed by atoms with Crippen LogP contribution in [0.5, 0.6) is 0 Å². The topological polar surface area (TPSA) is 55.3 Å². The number of amides is 1. The molecule has 23 heavy (non-hydrogen) atoms. The monoisotopic (exact) mass is 321 g/mol. The Balaban J connectivity index is 1.75. The van der Waals surface area contributed by atoms with E-state index in [0.717, 1.165) is 19.5 Å². The highest BCUT2D eigenvalue weighted by Gasteiger charge is 2.27. The Morgan fingerprint density at radius 3 is 2.83 bits per heavy atom. The number of hydrogen-bond donors (Lipinski definition) is 2. The van der Waals surface area contributed by atoms with Crippen molar-refractivity contribution in [2.45, 2.75) is 71.7 Å². The van der Waals surface area contributed by atoms with Gasteiger partial charge in [0, 0.05) is 38.1 Å². The maximum absolute atomic E-state index is 11.8. The summed E-state index contributed by atoms with van der Waals surface area (Å²) in [5, 5.41) is 6.57. The SMILES string of the molecule is CCn1ccc(CNC2CCCC2CNC(=O)OC(C)(C)C)c1. The summed E-state index contributed by atoms with van der Waals surface area (Å²) in [6.45, 7) is 10.4. The van der Waals surface area contributed by atoms with Gasteiger partial charge in [0.2, 0.25) is 0 Å². The molecule has 130 valence electrons. The molecule has 2 rings (SSSR count). The van der Waals surface area contributed by atoms with E-state index in [1.807, 2.05) is 20.8 Å². The maximum Gasteiger partial charge on any atom is 0.407 e. The molecular formula is C18H31N3O2. The van der Waals surface area contributed by atoms with Gasteiger partial charge in [-0.2, -0.15) is 0 Å². The van der Waals surface area contributed by atoms with Crippen LogP contribution in [0.2, 0.25) is 0 Å². The Labute approximate surface area is 139 Å². The molecule has 5 nitrogen and oxygen atoms in total. The van der Waals surface area contributed by atoms with Crippen molar-refractivity contribution in [2.24, 2.45) is 5.92 Å². The van der Waals surface area contributed by atoms with Crippen LogP contribution in [0.4, 0.5) is 4.79 Å². The number of rotatable bonds is 6. The summed E-state index contributed by atoms with van der Waals surface area (Å²) in [7, 11) is 0. The van der Waals surface area contributed by atoms with Crippen molar-refractivity contribution in [3.05, 3.63) is 24.0 Å². The second-order valence-electron chi connectivity index (χ2n) is 7.41. The molecule has 2 N–H and O–H groups in total. The predicted molar refractivity (Wildman–Crippen MR) is 92.3 cm³/mol. The van der Waals surface area contributed by atoms with E-state index < -0.39 is 5.60 Å². The lowest BCUT2D eigenvalue weighted by atomic mass is 10.0. The smallest absolute Gasteiger partial charge is 0.407 e. The van der Waals surface area contributed by atoms with Gasteiger partial charge in [-0.25, -0.2) is 4.79 Å². The minimum Gasteiger partial charge on any atom is -0.444 e. The van der Waals surface area contributed by atoms with E-state index >= 15 is 0 Å². The van der Waals surface area contributed by atoms with Crippen LogP contribution < -0.4 is 10.6 Å². The highest BCUT2D eigenvalue weighted by atomic mass is 16.6. The molecule has 1 aromatic rings. The normalized spacial score (nSPS) is 21.4. The second kappa shape index (κ2) is 7.86. The van der Waals surface area contributed by atoms with Gasteiger partial charge in [0.05, 0.1) is 0 Å². The Morgan fingerprint density at radius 1 is 1.39 bits per heavy atom. The first-order chi connectivity index (χ1) is 10.9. The minimum absolute atomic E-state index is 0.317. The van der Waals surface area contributed by atoms with Crippen molar-refractivity contribution in [3.63, 3.8) is 0 Å². The maximum atomic E-state index is 11.8. The number of alkyl carbamates (subject to hydrolysis) is 1. The van der Waals surface area contributed by atoms with Crippen LogP contribution in [0.25, 0.3) is 0 Å². The van der Waals surface area contributed by atoms with Gasteiger partial charge in [0.15, 0.2) is 0 Å². The van der Waals surface area contributed by atoms with Crippen molar-refractivity contribution >= 4 is 6.09 Å². The minimum atomic E-state index is -0.441. The molecule has 1 aromatic heterocycles. The third-order valence-corrected chi connectivity index (χ3v) is 4.31. The highest BCUT2D eigenvalue weighted by molar-refractivity contribution is 5.67. The van der Waals surface area contributed by atoms with Crippen LogP contribution in [0.15, 0.2) is 18.5 Å². The molecule has 1 heterocycles. The van der Waals surface area contributed by atoms with Crippen molar-refractivity contribution in [1.29, 1.82) is 0 Å². The van der Waals surface area contributed by atoms with Gasteiger partial charge in [-0.15, -0.1) is 0 Å². The van der Waals surface area contributed by atoms with Gasteiger partial charge >= 0.3 is 6.09 Å². The molecule has 1 aliphatic rings. The fraction of sp³-hybridized carbons (Fsp3) is 0.722. The molecule has 0 bridgehead atoms. The third kappa shape index (κ3) is 5.90. The van der Waals surface area contributed by atoms with E-state index in [0.29, 0.717) is 18.5 Å². The number of aryl methyl sites for hydroxylation is 1. The second-order valence-corrected chi connectivity index (χ2v) is 7.41. The van der Waals surface area contributed by atoms with Crippen molar-refractivity contribution < 1.29 is 9.53 Å².